The van der Waals surface area contributed by atoms with Gasteiger partial charge in [0, 0.05) is 31.1 Å². The molecule has 3 rings (SSSR count). The zero-order valence-corrected chi connectivity index (χ0v) is 16.0. The van der Waals surface area contributed by atoms with Gasteiger partial charge in [-0.1, -0.05) is 18.2 Å². The van der Waals surface area contributed by atoms with Crippen LogP contribution in [0.1, 0.15) is 0 Å². The summed E-state index contributed by atoms with van der Waals surface area (Å²) < 4.78 is 5.22. The van der Waals surface area contributed by atoms with E-state index in [0.717, 1.165) is 48.3 Å². The molecule has 0 saturated carbocycles. The van der Waals surface area contributed by atoms with E-state index in [9.17, 15) is 0 Å². The number of piperazine rings is 1. The smallest absolute Gasteiger partial charge is 0.182 e. The van der Waals surface area contributed by atoms with Crippen molar-refractivity contribution in [3.63, 3.8) is 0 Å². The number of aliphatic imine (C=N–C) groups is 1. The Hall–Kier alpha value is -2.42. The van der Waals surface area contributed by atoms with Gasteiger partial charge in [-0.15, -0.1) is 0 Å². The highest BCUT2D eigenvalue weighted by Crippen LogP contribution is 2.19. The minimum atomic E-state index is 0.826. The lowest BCUT2D eigenvalue weighted by Crippen LogP contribution is -2.46. The Labute approximate surface area is 159 Å². The molecule has 26 heavy (non-hydrogen) atoms. The summed E-state index contributed by atoms with van der Waals surface area (Å²) in [5.41, 5.74) is 0.888. The molecule has 1 fully saturated rings. The average molecular weight is 366 g/mol. The molecular weight excluding hydrogens is 342 g/mol. The normalized spacial score (nSPS) is 15.3. The van der Waals surface area contributed by atoms with Crippen LogP contribution in [-0.4, -0.2) is 56.0 Å². The molecule has 0 N–H and O–H groups in total. The highest BCUT2D eigenvalue weighted by molar-refractivity contribution is 8.04. The number of hydrogen-bond acceptors (Lipinski definition) is 4. The summed E-state index contributed by atoms with van der Waals surface area (Å²) in [7, 11) is 3.81. The third-order valence-electron chi connectivity index (χ3n) is 4.19. The Morgan fingerprint density at radius 1 is 1.00 bits per heavy atom. The summed E-state index contributed by atoms with van der Waals surface area (Å²) in [4.78, 5) is 10.5. The van der Waals surface area contributed by atoms with Gasteiger partial charge in [-0.05, 0) is 66.4 Å². The molecule has 134 valence electrons. The highest BCUT2D eigenvalue weighted by Gasteiger charge is 2.16. The van der Waals surface area contributed by atoms with E-state index in [-0.39, 0.29) is 0 Å². The molecule has 1 saturated heterocycles. The minimum absolute atomic E-state index is 0.826. The number of rotatable bonds is 3. The van der Waals surface area contributed by atoms with Crippen LogP contribution in [0.2, 0.25) is 0 Å². The number of methoxy groups -OCH3 is 1. The Kier molecular flexibility index (Phi) is 6.59. The van der Waals surface area contributed by atoms with E-state index in [2.05, 4.69) is 40.2 Å². The van der Waals surface area contributed by atoms with Gasteiger partial charge >= 0.3 is 0 Å². The molecule has 4 nitrogen and oxygen atoms in total. The predicted octanol–water partition coefficient (Wildman–Crippen LogP) is 3.73. The largest absolute Gasteiger partial charge is 0.497 e. The number of likely N-dealkylation sites (N-methyl/N-ethyl adjacent to an activating group) is 1. The van der Waals surface area contributed by atoms with Gasteiger partial charge in [0.15, 0.2) is 5.84 Å². The molecule has 0 radical (unpaired) electrons. The standard InChI is InChI=1S/C21H23N3OS/c1-23-13-15-24(16-14-23)21(12-17-26-20-6-4-3-5-7-20)22-18-8-10-19(25-2)11-9-18/h3-11H,13-16H2,1-2H3/b22-21+. The summed E-state index contributed by atoms with van der Waals surface area (Å²) in [5, 5.41) is 3.21. The molecule has 1 aliphatic heterocycles. The second-order valence-corrected chi connectivity index (χ2v) is 6.95. The Balaban J connectivity index is 1.80. The van der Waals surface area contributed by atoms with Gasteiger partial charge in [-0.25, -0.2) is 4.99 Å². The quantitative estimate of drug-likeness (QED) is 0.359. The zero-order valence-electron chi connectivity index (χ0n) is 15.2. The second-order valence-electron chi connectivity index (χ2n) is 6.07. The first-order valence-electron chi connectivity index (χ1n) is 8.64. The van der Waals surface area contributed by atoms with Crippen LogP contribution in [0.5, 0.6) is 5.75 Å². The fraction of sp³-hybridized carbons (Fsp3) is 0.286. The molecule has 0 spiro atoms. The van der Waals surface area contributed by atoms with Crippen molar-refractivity contribution in [2.45, 2.75) is 4.90 Å². The maximum atomic E-state index is 5.22. The lowest BCUT2D eigenvalue weighted by Gasteiger charge is -2.32. The average Bonchev–Trinajstić information content (AvgIpc) is 2.69. The number of ether oxygens (including phenoxy) is 1. The van der Waals surface area contributed by atoms with E-state index in [1.54, 1.807) is 7.11 Å². The lowest BCUT2D eigenvalue weighted by atomic mass is 10.3. The van der Waals surface area contributed by atoms with Gasteiger partial charge in [0.25, 0.3) is 0 Å². The van der Waals surface area contributed by atoms with Gasteiger partial charge in [0.1, 0.15) is 5.75 Å². The van der Waals surface area contributed by atoms with Crippen molar-refractivity contribution in [3.8, 4) is 16.9 Å². The highest BCUT2D eigenvalue weighted by atomic mass is 32.2. The van der Waals surface area contributed by atoms with Gasteiger partial charge in [-0.3, -0.25) is 0 Å². The summed E-state index contributed by atoms with van der Waals surface area (Å²) in [5.74, 6) is 4.92. The van der Waals surface area contributed by atoms with E-state index >= 15 is 0 Å². The number of thioether (sulfide) groups is 1. The molecule has 0 aliphatic carbocycles. The molecule has 2 aromatic rings. The maximum Gasteiger partial charge on any atom is 0.182 e. The number of nitrogens with zero attached hydrogens (tertiary/aromatic N) is 3. The number of amidine groups is 1. The van der Waals surface area contributed by atoms with Crippen LogP contribution in [0, 0.1) is 11.2 Å². The first-order valence-corrected chi connectivity index (χ1v) is 9.45. The summed E-state index contributed by atoms with van der Waals surface area (Å²) in [6.07, 6.45) is 0. The van der Waals surface area contributed by atoms with E-state index < -0.39 is 0 Å². The van der Waals surface area contributed by atoms with Gasteiger partial charge in [0.2, 0.25) is 0 Å². The van der Waals surface area contributed by atoms with Crippen LogP contribution in [0.4, 0.5) is 5.69 Å². The Morgan fingerprint density at radius 3 is 2.35 bits per heavy atom. The van der Waals surface area contributed by atoms with Crippen LogP contribution < -0.4 is 4.74 Å². The summed E-state index contributed by atoms with van der Waals surface area (Å²) in [6, 6.07) is 18.0. The van der Waals surface area contributed by atoms with Crippen LogP contribution >= 0.6 is 11.8 Å². The zero-order chi connectivity index (χ0) is 18.2. The van der Waals surface area contributed by atoms with E-state index in [1.807, 2.05) is 42.5 Å². The molecule has 2 aromatic carbocycles. The van der Waals surface area contributed by atoms with Crippen molar-refractivity contribution >= 4 is 23.3 Å². The van der Waals surface area contributed by atoms with Crippen molar-refractivity contribution in [1.29, 1.82) is 0 Å². The molecule has 5 heteroatoms. The molecule has 0 amide bonds. The van der Waals surface area contributed by atoms with Crippen molar-refractivity contribution in [3.05, 3.63) is 54.6 Å². The van der Waals surface area contributed by atoms with Crippen molar-refractivity contribution < 1.29 is 4.74 Å². The van der Waals surface area contributed by atoms with E-state index in [0.29, 0.717) is 0 Å². The van der Waals surface area contributed by atoms with Crippen molar-refractivity contribution in [1.82, 2.24) is 9.80 Å². The minimum Gasteiger partial charge on any atom is -0.497 e. The van der Waals surface area contributed by atoms with Gasteiger partial charge in [-0.2, -0.15) is 0 Å². The van der Waals surface area contributed by atoms with E-state index in [1.165, 1.54) is 11.8 Å². The third-order valence-corrected chi connectivity index (χ3v) is 4.90. The topological polar surface area (TPSA) is 28.1 Å². The SMILES string of the molecule is COc1ccc(/N=C(\C#CSc2ccccc2)N2CCN(C)CC2)cc1. The summed E-state index contributed by atoms with van der Waals surface area (Å²) >= 11 is 1.53. The van der Waals surface area contributed by atoms with Crippen LogP contribution in [-0.2, 0) is 0 Å². The predicted molar refractivity (Wildman–Crippen MR) is 109 cm³/mol. The summed E-state index contributed by atoms with van der Waals surface area (Å²) in [6.45, 7) is 3.93. The molecule has 0 bridgehead atoms. The van der Waals surface area contributed by atoms with E-state index in [4.69, 9.17) is 9.73 Å². The van der Waals surface area contributed by atoms with Gasteiger partial charge in [0.05, 0.1) is 12.8 Å². The number of hydrogen-bond donors (Lipinski definition) is 0. The maximum absolute atomic E-state index is 5.22. The molecule has 0 unspecified atom stereocenters. The lowest BCUT2D eigenvalue weighted by molar-refractivity contribution is 0.216. The molecular formula is C21H23N3OS. The first-order chi connectivity index (χ1) is 12.7. The monoisotopic (exact) mass is 365 g/mol. The molecule has 1 heterocycles. The first kappa shape index (κ1) is 18.4. The molecule has 0 aromatic heterocycles. The fourth-order valence-corrected chi connectivity index (χ4v) is 3.15. The number of benzene rings is 2. The van der Waals surface area contributed by atoms with Gasteiger partial charge < -0.3 is 14.5 Å². The van der Waals surface area contributed by atoms with Crippen LogP contribution in [0.25, 0.3) is 0 Å². The third kappa shape index (κ3) is 5.29. The fourth-order valence-electron chi connectivity index (χ4n) is 2.59. The molecule has 0 atom stereocenters. The van der Waals surface area contributed by atoms with Crippen molar-refractivity contribution in [2.24, 2.45) is 4.99 Å². The van der Waals surface area contributed by atoms with Crippen LogP contribution in [0.3, 0.4) is 0 Å². The Bertz CT molecular complexity index is 786. The Morgan fingerprint density at radius 2 is 1.69 bits per heavy atom. The van der Waals surface area contributed by atoms with Crippen LogP contribution in [0.15, 0.2) is 64.5 Å². The second kappa shape index (κ2) is 9.33. The molecule has 1 aliphatic rings. The van der Waals surface area contributed by atoms with Crippen molar-refractivity contribution in [2.75, 3.05) is 40.3 Å².